The molecule has 1 aliphatic rings. The molecule has 1 heterocycles. The number of alkyl halides is 3. The fourth-order valence-corrected chi connectivity index (χ4v) is 2.05. The summed E-state index contributed by atoms with van der Waals surface area (Å²) in [5.74, 6) is -0.471. The van der Waals surface area contributed by atoms with Crippen molar-refractivity contribution in [2.24, 2.45) is 0 Å². The van der Waals surface area contributed by atoms with Crippen LogP contribution in [0.3, 0.4) is 0 Å². The summed E-state index contributed by atoms with van der Waals surface area (Å²) in [6.45, 7) is 2.06. The van der Waals surface area contributed by atoms with Crippen molar-refractivity contribution in [3.63, 3.8) is 0 Å². The fraction of sp³-hybridized carbons (Fsp3) is 0.778. The second kappa shape index (κ2) is 5.43. The number of nitrogens with zero attached hydrogens (tertiary/aromatic N) is 1. The second-order valence-corrected chi connectivity index (χ2v) is 5.86. The minimum absolute atomic E-state index is 0.471. The highest BCUT2D eigenvalue weighted by molar-refractivity contribution is 6.68. The van der Waals surface area contributed by atoms with Gasteiger partial charge in [0.05, 0.1) is 0 Å². The van der Waals surface area contributed by atoms with Crippen molar-refractivity contribution in [2.75, 3.05) is 0 Å². The summed E-state index contributed by atoms with van der Waals surface area (Å²) in [5, 5.41) is 2.50. The molecule has 0 aromatic rings. The van der Waals surface area contributed by atoms with Crippen molar-refractivity contribution in [3.8, 4) is 0 Å². The Balaban J connectivity index is 2.60. The summed E-state index contributed by atoms with van der Waals surface area (Å²) >= 11 is 16.6. The zero-order valence-corrected chi connectivity index (χ0v) is 11.1. The number of hydrogen-bond acceptors (Lipinski definition) is 2. The van der Waals surface area contributed by atoms with Crippen LogP contribution >= 0.6 is 34.8 Å². The third-order valence-electron chi connectivity index (χ3n) is 2.37. The Bertz CT molecular complexity index is 291. The maximum absolute atomic E-state index is 11.7. The molecule has 0 aromatic heterocycles. The van der Waals surface area contributed by atoms with Gasteiger partial charge in [-0.2, -0.15) is 0 Å². The lowest BCUT2D eigenvalue weighted by Crippen LogP contribution is -2.41. The Morgan fingerprint density at radius 1 is 1.31 bits per heavy atom. The number of halogens is 3. The number of hydrogen-bond donors (Lipinski definition) is 1. The lowest BCUT2D eigenvalue weighted by atomic mass is 10.1. The topological polar surface area (TPSA) is 49.4 Å². The summed E-state index contributed by atoms with van der Waals surface area (Å²) < 4.78 is -2.01. The van der Waals surface area contributed by atoms with Crippen molar-refractivity contribution in [1.82, 2.24) is 10.2 Å². The summed E-state index contributed by atoms with van der Waals surface area (Å²) in [6, 6.07) is -1.21. The summed E-state index contributed by atoms with van der Waals surface area (Å²) in [5.41, 5.74) is 0. The van der Waals surface area contributed by atoms with E-state index in [2.05, 4.69) is 12.2 Å². The van der Waals surface area contributed by atoms with Crippen molar-refractivity contribution in [3.05, 3.63) is 0 Å². The first kappa shape index (κ1) is 13.9. The maximum Gasteiger partial charge on any atom is 0.328 e. The van der Waals surface area contributed by atoms with Crippen LogP contribution < -0.4 is 5.32 Å². The molecule has 0 spiro atoms. The Morgan fingerprint density at radius 2 is 1.94 bits per heavy atom. The number of carbonyl (C=O) groups is 2. The smallest absolute Gasteiger partial charge is 0.326 e. The van der Waals surface area contributed by atoms with Gasteiger partial charge in [-0.15, -0.1) is 0 Å². The van der Waals surface area contributed by atoms with Gasteiger partial charge in [-0.05, 0) is 6.42 Å². The van der Waals surface area contributed by atoms with E-state index in [0.29, 0.717) is 11.3 Å². The molecule has 1 unspecified atom stereocenters. The highest BCUT2D eigenvalue weighted by atomic mass is 35.6. The summed E-state index contributed by atoms with van der Waals surface area (Å²) in [7, 11) is 0. The number of carbonyl (C=O) groups excluding carboxylic acids is 2. The van der Waals surface area contributed by atoms with Crippen LogP contribution in [-0.2, 0) is 4.79 Å². The lowest BCUT2D eigenvalue weighted by molar-refractivity contribution is -0.127. The van der Waals surface area contributed by atoms with Crippen molar-refractivity contribution < 1.29 is 9.59 Å². The number of unbranched alkanes of at least 4 members (excludes halogenated alkanes) is 2. The minimum atomic E-state index is -2.01. The molecule has 0 bridgehead atoms. The van der Waals surface area contributed by atoms with E-state index in [0.717, 1.165) is 19.3 Å². The molecule has 4 nitrogen and oxygen atoms in total. The van der Waals surface area contributed by atoms with Gasteiger partial charge in [-0.3, -0.25) is 4.79 Å². The highest BCUT2D eigenvalue weighted by Crippen LogP contribution is 2.34. The van der Waals surface area contributed by atoms with E-state index >= 15 is 0 Å². The molecule has 1 N–H and O–H groups in total. The van der Waals surface area contributed by atoms with E-state index in [1.807, 2.05) is 0 Å². The van der Waals surface area contributed by atoms with Gasteiger partial charge in [-0.25, -0.2) is 9.69 Å². The van der Waals surface area contributed by atoms with Crippen molar-refractivity contribution in [1.29, 1.82) is 0 Å². The molecule has 1 saturated heterocycles. The molecule has 0 aliphatic carbocycles. The van der Waals surface area contributed by atoms with Crippen LogP contribution in [-0.4, -0.2) is 26.8 Å². The third-order valence-corrected chi connectivity index (χ3v) is 2.88. The van der Waals surface area contributed by atoms with Crippen LogP contribution in [0.2, 0.25) is 0 Å². The summed E-state index contributed by atoms with van der Waals surface area (Å²) in [6.07, 6.45) is 3.49. The van der Waals surface area contributed by atoms with E-state index in [1.165, 1.54) is 0 Å². The van der Waals surface area contributed by atoms with Gasteiger partial charge in [0, 0.05) is 0 Å². The number of urea groups is 1. The molecule has 0 saturated carbocycles. The molecule has 7 heteroatoms. The van der Waals surface area contributed by atoms with Gasteiger partial charge in [0.1, 0.15) is 6.04 Å². The maximum atomic E-state index is 11.7. The molecule has 0 radical (unpaired) electrons. The number of amides is 3. The van der Waals surface area contributed by atoms with Crippen LogP contribution in [0, 0.1) is 0 Å². The second-order valence-electron chi connectivity index (χ2n) is 3.64. The van der Waals surface area contributed by atoms with Crippen LogP contribution in [0.5, 0.6) is 0 Å². The Labute approximate surface area is 109 Å². The summed E-state index contributed by atoms with van der Waals surface area (Å²) in [4.78, 5) is 23.8. The van der Waals surface area contributed by atoms with Gasteiger partial charge >= 0.3 is 6.03 Å². The molecule has 1 atom stereocenters. The first-order chi connectivity index (χ1) is 7.38. The Hall–Kier alpha value is -0.190. The number of rotatable bonds is 4. The number of imide groups is 1. The number of nitrogens with one attached hydrogen (secondary N) is 1. The zero-order valence-electron chi connectivity index (χ0n) is 8.80. The van der Waals surface area contributed by atoms with Crippen LogP contribution in [0.25, 0.3) is 0 Å². The lowest BCUT2D eigenvalue weighted by Gasteiger charge is -2.20. The zero-order chi connectivity index (χ0) is 12.3. The molecule has 1 fully saturated rings. The van der Waals surface area contributed by atoms with Gasteiger partial charge in [0.2, 0.25) is 0 Å². The first-order valence-electron chi connectivity index (χ1n) is 5.09. The Morgan fingerprint density at radius 3 is 2.38 bits per heavy atom. The minimum Gasteiger partial charge on any atom is -0.326 e. The van der Waals surface area contributed by atoms with E-state index in [4.69, 9.17) is 34.8 Å². The molecule has 1 rings (SSSR count). The van der Waals surface area contributed by atoms with Gasteiger partial charge in [0.15, 0.2) is 0 Å². The van der Waals surface area contributed by atoms with Crippen LogP contribution in [0.1, 0.15) is 32.6 Å². The standard InChI is InChI=1S/C9H13Cl3N2O2/c1-2-3-4-5-6-7(15)14(8(16)13-6)9(10,11)12/h6H,2-5H2,1H3,(H,13,16). The molecule has 16 heavy (non-hydrogen) atoms. The van der Waals surface area contributed by atoms with Gasteiger partial charge in [-0.1, -0.05) is 61.0 Å². The normalized spacial score (nSPS) is 21.5. The van der Waals surface area contributed by atoms with E-state index in [9.17, 15) is 9.59 Å². The SMILES string of the molecule is CCCCCC1NC(=O)N(C(Cl)(Cl)Cl)C1=O. The van der Waals surface area contributed by atoms with Gasteiger partial charge < -0.3 is 5.32 Å². The molecule has 92 valence electrons. The predicted octanol–water partition coefficient (Wildman–Crippen LogP) is 2.81. The molecular formula is C9H13Cl3N2O2. The first-order valence-corrected chi connectivity index (χ1v) is 6.22. The largest absolute Gasteiger partial charge is 0.328 e. The molecule has 0 aromatic carbocycles. The van der Waals surface area contributed by atoms with E-state index in [1.54, 1.807) is 0 Å². The Kier molecular flexibility index (Phi) is 4.71. The average molecular weight is 288 g/mol. The van der Waals surface area contributed by atoms with Crippen LogP contribution in [0.15, 0.2) is 0 Å². The predicted molar refractivity (Wildman–Crippen MR) is 63.6 cm³/mol. The van der Waals surface area contributed by atoms with Crippen molar-refractivity contribution >= 4 is 46.7 Å². The molecule has 1 aliphatic heterocycles. The monoisotopic (exact) mass is 286 g/mol. The molecular weight excluding hydrogens is 274 g/mol. The average Bonchev–Trinajstić information content (AvgIpc) is 2.41. The van der Waals surface area contributed by atoms with Crippen molar-refractivity contribution in [2.45, 2.75) is 42.6 Å². The van der Waals surface area contributed by atoms with Gasteiger partial charge in [0.25, 0.3) is 9.82 Å². The van der Waals surface area contributed by atoms with E-state index < -0.39 is 21.9 Å². The highest BCUT2D eigenvalue weighted by Gasteiger charge is 2.47. The van der Waals surface area contributed by atoms with Crippen LogP contribution in [0.4, 0.5) is 4.79 Å². The third kappa shape index (κ3) is 3.15. The molecule has 3 amide bonds. The van der Waals surface area contributed by atoms with E-state index in [-0.39, 0.29) is 0 Å². The quantitative estimate of drug-likeness (QED) is 0.374. The fourth-order valence-electron chi connectivity index (χ4n) is 1.57.